The molecule has 0 spiro atoms. The molecule has 1 N–H and O–H groups in total. The Kier molecular flexibility index (Phi) is 5.36. The van der Waals surface area contributed by atoms with Crippen LogP contribution in [0.15, 0.2) is 24.3 Å². The van der Waals surface area contributed by atoms with Gasteiger partial charge in [0.1, 0.15) is 5.82 Å². The molecule has 2 aliphatic rings. The molecule has 26 heavy (non-hydrogen) atoms. The summed E-state index contributed by atoms with van der Waals surface area (Å²) in [7, 11) is 0. The van der Waals surface area contributed by atoms with E-state index in [4.69, 9.17) is 14.5 Å². The number of nitrogens with zero attached hydrogens (tertiary/aromatic N) is 3. The molecule has 1 aromatic carbocycles. The number of anilines is 1. The Morgan fingerprint density at radius 3 is 2.77 bits per heavy atom. The number of hydrogen-bond donors (Lipinski definition) is 1. The van der Waals surface area contributed by atoms with Crippen molar-refractivity contribution in [2.75, 3.05) is 57.5 Å². The maximum atomic E-state index is 10.0. The first kappa shape index (κ1) is 17.7. The van der Waals surface area contributed by atoms with Crippen molar-refractivity contribution in [1.82, 2.24) is 9.88 Å². The lowest BCUT2D eigenvalue weighted by molar-refractivity contribution is 0.0562. The maximum absolute atomic E-state index is 10.0. The highest BCUT2D eigenvalue weighted by Crippen LogP contribution is 2.26. The number of β-amino-alcohol motifs (C(OH)–C–C–N with tert-alkyl or cyclic N) is 1. The second-order valence-electron chi connectivity index (χ2n) is 7.23. The number of aliphatic hydroxyl groups is 1. The smallest absolute Gasteiger partial charge is 0.133 e. The molecule has 2 saturated heterocycles. The second kappa shape index (κ2) is 7.88. The number of ether oxygens (including phenoxy) is 2. The van der Waals surface area contributed by atoms with Crippen molar-refractivity contribution in [3.05, 3.63) is 35.4 Å². The van der Waals surface area contributed by atoms with Gasteiger partial charge in [0.2, 0.25) is 0 Å². The molecule has 140 valence electrons. The molecule has 0 radical (unpaired) electrons. The summed E-state index contributed by atoms with van der Waals surface area (Å²) in [6.07, 6.45) is -0.430. The Labute approximate surface area is 154 Å². The number of rotatable bonds is 3. The SMILES string of the molecule is Cc1ccc2cc(CN3CCOCC(O)C3)c(N3CCOCC3)nc2c1. The molecule has 0 bridgehead atoms. The lowest BCUT2D eigenvalue weighted by Gasteiger charge is -2.31. The van der Waals surface area contributed by atoms with Gasteiger partial charge in [-0.15, -0.1) is 0 Å². The number of hydrogen-bond acceptors (Lipinski definition) is 6. The van der Waals surface area contributed by atoms with Crippen LogP contribution in [0.3, 0.4) is 0 Å². The lowest BCUT2D eigenvalue weighted by Crippen LogP contribution is -2.38. The van der Waals surface area contributed by atoms with Crippen LogP contribution in [-0.4, -0.2) is 73.7 Å². The zero-order chi connectivity index (χ0) is 17.9. The highest BCUT2D eigenvalue weighted by Gasteiger charge is 2.21. The summed E-state index contributed by atoms with van der Waals surface area (Å²) in [5, 5.41) is 11.2. The van der Waals surface area contributed by atoms with E-state index in [-0.39, 0.29) is 0 Å². The molecule has 0 aliphatic carbocycles. The molecule has 2 aliphatic heterocycles. The predicted molar refractivity (Wildman–Crippen MR) is 102 cm³/mol. The van der Waals surface area contributed by atoms with Gasteiger partial charge >= 0.3 is 0 Å². The van der Waals surface area contributed by atoms with E-state index in [1.54, 1.807) is 0 Å². The van der Waals surface area contributed by atoms with Crippen molar-refractivity contribution >= 4 is 16.7 Å². The Hall–Kier alpha value is -1.73. The quantitative estimate of drug-likeness (QED) is 0.900. The Morgan fingerprint density at radius 2 is 1.92 bits per heavy atom. The number of aromatic nitrogens is 1. The van der Waals surface area contributed by atoms with Crippen LogP contribution in [0.1, 0.15) is 11.1 Å². The number of benzene rings is 1. The number of aryl methyl sites for hydroxylation is 1. The summed E-state index contributed by atoms with van der Waals surface area (Å²) < 4.78 is 11.0. The van der Waals surface area contributed by atoms with Gasteiger partial charge in [0, 0.05) is 43.7 Å². The van der Waals surface area contributed by atoms with E-state index in [1.807, 2.05) is 0 Å². The van der Waals surface area contributed by atoms with E-state index in [0.717, 1.165) is 56.1 Å². The van der Waals surface area contributed by atoms with E-state index in [9.17, 15) is 5.11 Å². The van der Waals surface area contributed by atoms with Crippen molar-refractivity contribution in [2.24, 2.45) is 0 Å². The van der Waals surface area contributed by atoms with Crippen LogP contribution in [0.4, 0.5) is 5.82 Å². The summed E-state index contributed by atoms with van der Waals surface area (Å²) in [6, 6.07) is 8.67. The van der Waals surface area contributed by atoms with Crippen LogP contribution in [0.2, 0.25) is 0 Å². The molecule has 0 saturated carbocycles. The summed E-state index contributed by atoms with van der Waals surface area (Å²) in [5.74, 6) is 1.05. The zero-order valence-corrected chi connectivity index (χ0v) is 15.4. The molecule has 3 heterocycles. The molecule has 6 heteroatoms. The average Bonchev–Trinajstić information content (AvgIpc) is 2.86. The molecule has 1 atom stereocenters. The Balaban J connectivity index is 1.69. The third-order valence-electron chi connectivity index (χ3n) is 5.06. The number of aliphatic hydroxyl groups excluding tert-OH is 1. The molecule has 2 fully saturated rings. The van der Waals surface area contributed by atoms with Crippen molar-refractivity contribution in [2.45, 2.75) is 19.6 Å². The van der Waals surface area contributed by atoms with Crippen molar-refractivity contribution in [1.29, 1.82) is 0 Å². The van der Waals surface area contributed by atoms with Crippen LogP contribution in [0.25, 0.3) is 10.9 Å². The summed E-state index contributed by atoms with van der Waals surface area (Å²) in [5.41, 5.74) is 3.46. The van der Waals surface area contributed by atoms with Crippen LogP contribution in [0, 0.1) is 6.92 Å². The normalized spacial score (nSPS) is 22.5. The van der Waals surface area contributed by atoms with E-state index in [0.29, 0.717) is 19.8 Å². The van der Waals surface area contributed by atoms with Gasteiger partial charge < -0.3 is 19.5 Å². The number of fused-ring (bicyclic) bond motifs is 1. The van der Waals surface area contributed by atoms with Gasteiger partial charge in [-0.3, -0.25) is 4.90 Å². The Bertz CT molecular complexity index is 761. The minimum Gasteiger partial charge on any atom is -0.389 e. The first-order chi connectivity index (χ1) is 12.7. The molecule has 1 aromatic heterocycles. The van der Waals surface area contributed by atoms with Gasteiger partial charge in [0.05, 0.1) is 38.0 Å². The van der Waals surface area contributed by atoms with Crippen LogP contribution >= 0.6 is 0 Å². The van der Waals surface area contributed by atoms with Crippen molar-refractivity contribution < 1.29 is 14.6 Å². The van der Waals surface area contributed by atoms with E-state index in [2.05, 4.69) is 41.0 Å². The van der Waals surface area contributed by atoms with Crippen LogP contribution in [-0.2, 0) is 16.0 Å². The summed E-state index contributed by atoms with van der Waals surface area (Å²) >= 11 is 0. The van der Waals surface area contributed by atoms with Crippen LogP contribution < -0.4 is 4.90 Å². The predicted octanol–water partition coefficient (Wildman–Crippen LogP) is 1.57. The standard InChI is InChI=1S/C20H27N3O3/c1-15-2-3-16-11-17(12-22-4-7-26-14-18(24)13-22)20(21-19(16)10-15)23-5-8-25-9-6-23/h2-3,10-11,18,24H,4-9,12-14H2,1H3. The molecule has 2 aromatic rings. The van der Waals surface area contributed by atoms with E-state index >= 15 is 0 Å². The van der Waals surface area contributed by atoms with Gasteiger partial charge in [-0.1, -0.05) is 12.1 Å². The van der Waals surface area contributed by atoms with E-state index < -0.39 is 6.10 Å². The monoisotopic (exact) mass is 357 g/mol. The number of morpholine rings is 1. The summed E-state index contributed by atoms with van der Waals surface area (Å²) in [4.78, 5) is 9.60. The fourth-order valence-corrected chi connectivity index (χ4v) is 3.72. The molecule has 6 nitrogen and oxygen atoms in total. The third kappa shape index (κ3) is 3.99. The topological polar surface area (TPSA) is 58.1 Å². The fourth-order valence-electron chi connectivity index (χ4n) is 3.72. The largest absolute Gasteiger partial charge is 0.389 e. The molecule has 4 rings (SSSR count). The van der Waals surface area contributed by atoms with Gasteiger partial charge in [-0.2, -0.15) is 0 Å². The lowest BCUT2D eigenvalue weighted by atomic mass is 10.1. The first-order valence-electron chi connectivity index (χ1n) is 9.40. The first-order valence-corrected chi connectivity index (χ1v) is 9.40. The van der Waals surface area contributed by atoms with Gasteiger partial charge in [-0.05, 0) is 24.6 Å². The summed E-state index contributed by atoms with van der Waals surface area (Å²) in [6.45, 7) is 8.61. The zero-order valence-electron chi connectivity index (χ0n) is 15.4. The molecule has 1 unspecified atom stereocenters. The average molecular weight is 357 g/mol. The van der Waals surface area contributed by atoms with Crippen molar-refractivity contribution in [3.63, 3.8) is 0 Å². The Morgan fingerprint density at radius 1 is 1.12 bits per heavy atom. The van der Waals surface area contributed by atoms with Gasteiger partial charge in [0.25, 0.3) is 0 Å². The molecular formula is C20H27N3O3. The number of pyridine rings is 1. The minimum atomic E-state index is -0.430. The van der Waals surface area contributed by atoms with Crippen molar-refractivity contribution in [3.8, 4) is 0 Å². The van der Waals surface area contributed by atoms with Crippen LogP contribution in [0.5, 0.6) is 0 Å². The fraction of sp³-hybridized carbons (Fsp3) is 0.550. The molecular weight excluding hydrogens is 330 g/mol. The highest BCUT2D eigenvalue weighted by molar-refractivity contribution is 5.82. The highest BCUT2D eigenvalue weighted by atomic mass is 16.5. The third-order valence-corrected chi connectivity index (χ3v) is 5.06. The van der Waals surface area contributed by atoms with E-state index in [1.165, 1.54) is 11.1 Å². The molecule has 0 amide bonds. The minimum absolute atomic E-state index is 0.419. The maximum Gasteiger partial charge on any atom is 0.133 e. The van der Waals surface area contributed by atoms with Gasteiger partial charge in [-0.25, -0.2) is 4.98 Å². The second-order valence-corrected chi connectivity index (χ2v) is 7.23. The van der Waals surface area contributed by atoms with Gasteiger partial charge in [0.15, 0.2) is 0 Å².